The van der Waals surface area contributed by atoms with E-state index in [4.69, 9.17) is 25.6 Å². The summed E-state index contributed by atoms with van der Waals surface area (Å²) in [5, 5.41) is 13.8. The zero-order valence-corrected chi connectivity index (χ0v) is 14.3. The lowest BCUT2D eigenvalue weighted by Crippen LogP contribution is -1.89. The van der Waals surface area contributed by atoms with Crippen LogP contribution in [-0.4, -0.2) is 29.5 Å². The van der Waals surface area contributed by atoms with Gasteiger partial charge >= 0.3 is 0 Å². The summed E-state index contributed by atoms with van der Waals surface area (Å²) >= 11 is 6.28. The fraction of sp³-hybridized carbons (Fsp3) is 0.111. The van der Waals surface area contributed by atoms with Gasteiger partial charge < -0.3 is 19.1 Å². The van der Waals surface area contributed by atoms with Gasteiger partial charge in [0.05, 0.1) is 19.8 Å². The van der Waals surface area contributed by atoms with E-state index in [0.29, 0.717) is 22.9 Å². The molecule has 0 aliphatic carbocycles. The van der Waals surface area contributed by atoms with E-state index in [1.807, 2.05) is 24.3 Å². The Morgan fingerprint density at radius 1 is 1.12 bits per heavy atom. The lowest BCUT2D eigenvalue weighted by Gasteiger charge is -2.04. The van der Waals surface area contributed by atoms with Crippen molar-refractivity contribution in [3.05, 3.63) is 53.9 Å². The SMILES string of the molecule is COc1cc(/C=C(\Cl)c2nc(-c3ccccc3OC)no2)ccc1O. The average molecular weight is 359 g/mol. The Kier molecular flexibility index (Phi) is 4.90. The molecule has 0 saturated carbocycles. The Balaban J connectivity index is 1.91. The van der Waals surface area contributed by atoms with Crippen LogP contribution in [0.25, 0.3) is 22.5 Å². The first-order valence-electron chi connectivity index (χ1n) is 7.34. The van der Waals surface area contributed by atoms with Crippen molar-refractivity contribution in [2.45, 2.75) is 0 Å². The van der Waals surface area contributed by atoms with Gasteiger partial charge in [-0.05, 0) is 35.9 Å². The third kappa shape index (κ3) is 3.59. The summed E-state index contributed by atoms with van der Waals surface area (Å²) in [6.07, 6.45) is 1.64. The monoisotopic (exact) mass is 358 g/mol. The minimum absolute atomic E-state index is 0.0482. The van der Waals surface area contributed by atoms with Crippen molar-refractivity contribution in [1.82, 2.24) is 10.1 Å². The highest BCUT2D eigenvalue weighted by Gasteiger charge is 2.15. The van der Waals surface area contributed by atoms with Crippen LogP contribution >= 0.6 is 11.6 Å². The molecular weight excluding hydrogens is 344 g/mol. The highest BCUT2D eigenvalue weighted by Crippen LogP contribution is 2.31. The third-order valence-corrected chi connectivity index (χ3v) is 3.75. The van der Waals surface area contributed by atoms with Crippen molar-refractivity contribution in [2.24, 2.45) is 0 Å². The molecular formula is C18H15ClN2O4. The topological polar surface area (TPSA) is 77.6 Å². The maximum absolute atomic E-state index is 9.63. The molecule has 0 aliphatic heterocycles. The quantitative estimate of drug-likeness (QED) is 0.736. The van der Waals surface area contributed by atoms with Crippen LogP contribution in [0.2, 0.25) is 0 Å². The maximum Gasteiger partial charge on any atom is 0.269 e. The van der Waals surface area contributed by atoms with Gasteiger partial charge in [-0.3, -0.25) is 0 Å². The molecule has 1 heterocycles. The van der Waals surface area contributed by atoms with Gasteiger partial charge in [0.1, 0.15) is 10.8 Å². The number of halogens is 1. The minimum Gasteiger partial charge on any atom is -0.504 e. The standard InChI is InChI=1S/C18H15ClN2O4/c1-23-15-6-4-3-5-12(15)17-20-18(25-21-17)13(19)9-11-7-8-14(22)16(10-11)24-2/h3-10,22H,1-2H3/b13-9-. The number of aromatic nitrogens is 2. The van der Waals surface area contributed by atoms with Crippen LogP contribution in [0.15, 0.2) is 47.0 Å². The predicted molar refractivity (Wildman–Crippen MR) is 94.7 cm³/mol. The predicted octanol–water partition coefficient (Wildman–Crippen LogP) is 4.20. The Morgan fingerprint density at radius 3 is 2.64 bits per heavy atom. The summed E-state index contributed by atoms with van der Waals surface area (Å²) in [5.74, 6) is 1.58. The molecule has 3 aromatic rings. The van der Waals surface area contributed by atoms with E-state index in [2.05, 4.69) is 10.1 Å². The van der Waals surface area contributed by atoms with Crippen molar-refractivity contribution in [1.29, 1.82) is 0 Å². The number of para-hydroxylation sites is 1. The smallest absolute Gasteiger partial charge is 0.269 e. The zero-order chi connectivity index (χ0) is 17.8. The molecule has 6 nitrogen and oxygen atoms in total. The summed E-state index contributed by atoms with van der Waals surface area (Å²) in [7, 11) is 3.05. The van der Waals surface area contributed by atoms with Crippen LogP contribution in [-0.2, 0) is 0 Å². The number of hydrogen-bond donors (Lipinski definition) is 1. The first-order chi connectivity index (χ1) is 12.1. The lowest BCUT2D eigenvalue weighted by molar-refractivity contribution is 0.373. The molecule has 0 unspecified atom stereocenters. The second-order valence-corrected chi connectivity index (χ2v) is 5.45. The Labute approximate surface area is 149 Å². The number of methoxy groups -OCH3 is 2. The molecule has 25 heavy (non-hydrogen) atoms. The second-order valence-electron chi connectivity index (χ2n) is 5.05. The van der Waals surface area contributed by atoms with Gasteiger partial charge in [0.2, 0.25) is 5.82 Å². The molecule has 0 radical (unpaired) electrons. The first-order valence-corrected chi connectivity index (χ1v) is 7.72. The van der Waals surface area contributed by atoms with Crippen LogP contribution in [0.1, 0.15) is 11.5 Å². The molecule has 0 bridgehead atoms. The van der Waals surface area contributed by atoms with Crippen molar-refractivity contribution in [3.8, 4) is 28.6 Å². The van der Waals surface area contributed by atoms with E-state index in [9.17, 15) is 5.11 Å². The largest absolute Gasteiger partial charge is 0.504 e. The van der Waals surface area contributed by atoms with Crippen molar-refractivity contribution >= 4 is 22.7 Å². The molecule has 0 saturated heterocycles. The molecule has 128 valence electrons. The first kappa shape index (κ1) is 16.9. The van der Waals surface area contributed by atoms with Gasteiger partial charge in [-0.25, -0.2) is 0 Å². The molecule has 0 amide bonds. The van der Waals surface area contributed by atoms with E-state index in [-0.39, 0.29) is 16.7 Å². The van der Waals surface area contributed by atoms with Gasteiger partial charge in [-0.2, -0.15) is 4.98 Å². The number of benzene rings is 2. The zero-order valence-electron chi connectivity index (χ0n) is 13.6. The average Bonchev–Trinajstić information content (AvgIpc) is 3.13. The van der Waals surface area contributed by atoms with Gasteiger partial charge in [0, 0.05) is 0 Å². The summed E-state index contributed by atoms with van der Waals surface area (Å²) in [6.45, 7) is 0. The molecule has 0 fully saturated rings. The van der Waals surface area contributed by atoms with Gasteiger partial charge in [0.15, 0.2) is 11.5 Å². The van der Waals surface area contributed by atoms with Crippen LogP contribution in [0.4, 0.5) is 0 Å². The van der Waals surface area contributed by atoms with Gasteiger partial charge in [0.25, 0.3) is 5.89 Å². The van der Waals surface area contributed by atoms with Gasteiger partial charge in [-0.1, -0.05) is 35.0 Å². The number of hydrogen-bond acceptors (Lipinski definition) is 6. The molecule has 0 atom stereocenters. The molecule has 1 aromatic heterocycles. The van der Waals surface area contributed by atoms with Gasteiger partial charge in [-0.15, -0.1) is 0 Å². The van der Waals surface area contributed by atoms with E-state index in [0.717, 1.165) is 5.56 Å². The molecule has 1 N–H and O–H groups in total. The molecule has 2 aromatic carbocycles. The molecule has 7 heteroatoms. The number of phenols is 1. The molecule has 3 rings (SSSR count). The molecule has 0 spiro atoms. The van der Waals surface area contributed by atoms with E-state index < -0.39 is 0 Å². The van der Waals surface area contributed by atoms with Crippen LogP contribution in [0.5, 0.6) is 17.2 Å². The summed E-state index contributed by atoms with van der Waals surface area (Å²) in [4.78, 5) is 4.31. The number of ether oxygens (including phenoxy) is 2. The fourth-order valence-corrected chi connectivity index (χ4v) is 2.45. The number of aromatic hydroxyl groups is 1. The second kappa shape index (κ2) is 7.27. The van der Waals surface area contributed by atoms with Crippen LogP contribution in [0.3, 0.4) is 0 Å². The normalized spacial score (nSPS) is 11.4. The fourth-order valence-electron chi connectivity index (χ4n) is 2.25. The van der Waals surface area contributed by atoms with E-state index >= 15 is 0 Å². The third-order valence-electron chi connectivity index (χ3n) is 3.48. The minimum atomic E-state index is 0.0482. The lowest BCUT2D eigenvalue weighted by atomic mass is 10.2. The summed E-state index contributed by atoms with van der Waals surface area (Å²) < 4.78 is 15.6. The number of phenolic OH excluding ortho intramolecular Hbond substituents is 1. The number of nitrogens with zero attached hydrogens (tertiary/aromatic N) is 2. The van der Waals surface area contributed by atoms with E-state index in [1.54, 1.807) is 25.3 Å². The Bertz CT molecular complexity index is 921. The Hall–Kier alpha value is -2.99. The summed E-state index contributed by atoms with van der Waals surface area (Å²) in [6, 6.07) is 12.2. The number of rotatable bonds is 5. The van der Waals surface area contributed by atoms with E-state index in [1.165, 1.54) is 13.2 Å². The van der Waals surface area contributed by atoms with Crippen LogP contribution in [0, 0.1) is 0 Å². The van der Waals surface area contributed by atoms with Crippen molar-refractivity contribution in [3.63, 3.8) is 0 Å². The van der Waals surface area contributed by atoms with Crippen molar-refractivity contribution < 1.29 is 19.1 Å². The molecule has 0 aliphatic rings. The maximum atomic E-state index is 9.63. The summed E-state index contributed by atoms with van der Waals surface area (Å²) in [5.41, 5.74) is 1.42. The highest BCUT2D eigenvalue weighted by molar-refractivity contribution is 6.50. The Morgan fingerprint density at radius 2 is 1.88 bits per heavy atom. The highest BCUT2D eigenvalue weighted by atomic mass is 35.5. The van der Waals surface area contributed by atoms with Crippen LogP contribution < -0.4 is 9.47 Å². The van der Waals surface area contributed by atoms with Crippen molar-refractivity contribution in [2.75, 3.05) is 14.2 Å².